The number of hydrogen-bond donors (Lipinski definition) is 0. The van der Waals surface area contributed by atoms with Crippen LogP contribution in [-0.2, 0) is 0 Å². The van der Waals surface area contributed by atoms with Crippen molar-refractivity contribution in [2.75, 3.05) is 0 Å². The van der Waals surface area contributed by atoms with Gasteiger partial charge in [0.25, 0.3) is 0 Å². The van der Waals surface area contributed by atoms with Gasteiger partial charge in [0.05, 0.1) is 68.4 Å². The highest BCUT2D eigenvalue weighted by molar-refractivity contribution is 6.12. The highest BCUT2D eigenvalue weighted by Crippen LogP contribution is 2.41. The van der Waals surface area contributed by atoms with Gasteiger partial charge in [0.2, 0.25) is 0 Å². The summed E-state index contributed by atoms with van der Waals surface area (Å²) in [7, 11) is 0. The van der Waals surface area contributed by atoms with Crippen molar-refractivity contribution in [1.29, 1.82) is 5.26 Å². The lowest BCUT2D eigenvalue weighted by molar-refractivity contribution is 1.06. The van der Waals surface area contributed by atoms with Crippen LogP contribution in [0.1, 0.15) is 5.56 Å². The van der Waals surface area contributed by atoms with Gasteiger partial charge in [-0.15, -0.1) is 0 Å². The van der Waals surface area contributed by atoms with Crippen LogP contribution < -0.4 is 0 Å². The van der Waals surface area contributed by atoms with E-state index in [1.807, 2.05) is 66.9 Å². The maximum Gasteiger partial charge on any atom is 0.138 e. The van der Waals surface area contributed by atoms with Crippen LogP contribution in [0.15, 0.2) is 219 Å². The highest BCUT2D eigenvalue weighted by atomic mass is 15.1. The zero-order valence-electron chi connectivity index (χ0n) is 34.5. The van der Waals surface area contributed by atoms with Gasteiger partial charge < -0.3 is 4.57 Å². The summed E-state index contributed by atoms with van der Waals surface area (Å²) in [5.74, 6) is 0.740. The van der Waals surface area contributed by atoms with Crippen LogP contribution in [0.3, 0.4) is 0 Å². The SMILES string of the molecule is N#Cc1ccccc1-c1cc(-n2c3ccccc3c3ccc(-c4cccc(-c5ccccc5)n4)cc32)ncc1-n1c2ccccc2c2ccc(-c3cccc(-c4ccccc4)n3)cc21. The lowest BCUT2D eigenvalue weighted by Crippen LogP contribution is -2.04. The Labute approximate surface area is 369 Å². The first-order valence-corrected chi connectivity index (χ1v) is 21.3. The molecule has 5 heterocycles. The molecule has 0 amide bonds. The number of para-hydroxylation sites is 2. The molecule has 12 aromatic rings. The summed E-state index contributed by atoms with van der Waals surface area (Å²) < 4.78 is 4.54. The largest absolute Gasteiger partial charge is 0.307 e. The number of nitrogens with zero attached hydrogens (tertiary/aromatic N) is 6. The summed E-state index contributed by atoms with van der Waals surface area (Å²) in [5, 5.41) is 15.1. The molecule has 0 radical (unpaired) electrons. The van der Waals surface area contributed by atoms with Crippen molar-refractivity contribution in [1.82, 2.24) is 24.1 Å². The van der Waals surface area contributed by atoms with Crippen molar-refractivity contribution in [2.45, 2.75) is 0 Å². The summed E-state index contributed by atoms with van der Waals surface area (Å²) in [6, 6.07) is 75.6. The van der Waals surface area contributed by atoms with Gasteiger partial charge in [0, 0.05) is 54.9 Å². The Balaban J connectivity index is 1.08. The van der Waals surface area contributed by atoms with Crippen molar-refractivity contribution in [3.05, 3.63) is 224 Å². The highest BCUT2D eigenvalue weighted by Gasteiger charge is 2.22. The average Bonchev–Trinajstić information content (AvgIpc) is 3.89. The monoisotopic (exact) mass is 816 g/mol. The van der Waals surface area contributed by atoms with Crippen LogP contribution in [0.2, 0.25) is 0 Å². The van der Waals surface area contributed by atoms with Gasteiger partial charge in [-0.25, -0.2) is 15.0 Å². The van der Waals surface area contributed by atoms with E-state index in [0.717, 1.165) is 111 Å². The molecule has 0 N–H and O–H groups in total. The van der Waals surface area contributed by atoms with E-state index in [2.05, 4.69) is 167 Å². The van der Waals surface area contributed by atoms with Gasteiger partial charge >= 0.3 is 0 Å². The standard InChI is InChI=1S/C58H36N6/c59-36-42-19-7-8-20-43(42)48-35-58(64-54-28-12-10-22-45(54)47-32-30-41(34-56(47)64)52-26-14-24-50(62-52)39-17-5-2-6-18-39)60-37-57(48)63-53-27-11-9-21-44(53)46-31-29-40(33-55(46)63)51-25-13-23-49(61-51)38-15-3-1-4-16-38/h1-35,37H. The minimum absolute atomic E-state index is 0.582. The van der Waals surface area contributed by atoms with Gasteiger partial charge in [0.15, 0.2) is 0 Å². The predicted octanol–water partition coefficient (Wildman–Crippen LogP) is 14.3. The fraction of sp³-hybridized carbons (Fsp3) is 0. The molecular formula is C58H36N6. The molecular weight excluding hydrogens is 781 g/mol. The Morgan fingerprint density at radius 3 is 1.41 bits per heavy atom. The molecule has 0 saturated heterocycles. The lowest BCUT2D eigenvalue weighted by atomic mass is 9.99. The molecule has 6 heteroatoms. The van der Waals surface area contributed by atoms with E-state index in [9.17, 15) is 5.26 Å². The van der Waals surface area contributed by atoms with Gasteiger partial charge in [-0.2, -0.15) is 5.26 Å². The number of aromatic nitrogens is 5. The lowest BCUT2D eigenvalue weighted by Gasteiger charge is -2.17. The zero-order valence-corrected chi connectivity index (χ0v) is 34.5. The van der Waals surface area contributed by atoms with Crippen LogP contribution in [0.25, 0.3) is 111 Å². The predicted molar refractivity (Wildman–Crippen MR) is 260 cm³/mol. The number of fused-ring (bicyclic) bond motifs is 6. The molecule has 6 nitrogen and oxygen atoms in total. The molecule has 0 bridgehead atoms. The topological polar surface area (TPSA) is 72.3 Å². The van der Waals surface area contributed by atoms with E-state index in [1.54, 1.807) is 0 Å². The first kappa shape index (κ1) is 36.9. The van der Waals surface area contributed by atoms with Gasteiger partial charge in [0.1, 0.15) is 5.82 Å². The van der Waals surface area contributed by atoms with E-state index in [4.69, 9.17) is 15.0 Å². The third-order valence-corrected chi connectivity index (χ3v) is 12.3. The van der Waals surface area contributed by atoms with E-state index >= 15 is 0 Å². The first-order chi connectivity index (χ1) is 31.7. The van der Waals surface area contributed by atoms with Crippen molar-refractivity contribution in [3.8, 4) is 73.7 Å². The molecule has 298 valence electrons. The Bertz CT molecular complexity index is 3800. The fourth-order valence-electron chi connectivity index (χ4n) is 9.27. The molecule has 0 spiro atoms. The van der Waals surface area contributed by atoms with Crippen LogP contribution in [0.5, 0.6) is 0 Å². The second-order valence-electron chi connectivity index (χ2n) is 15.9. The van der Waals surface area contributed by atoms with Gasteiger partial charge in [-0.3, -0.25) is 4.57 Å². The van der Waals surface area contributed by atoms with E-state index in [-0.39, 0.29) is 0 Å². The molecule has 7 aromatic carbocycles. The van der Waals surface area contributed by atoms with Crippen LogP contribution in [0.4, 0.5) is 0 Å². The zero-order chi connectivity index (χ0) is 42.6. The Morgan fingerprint density at radius 2 is 0.828 bits per heavy atom. The molecule has 5 aromatic heterocycles. The smallest absolute Gasteiger partial charge is 0.138 e. The summed E-state index contributed by atoms with van der Waals surface area (Å²) in [5.41, 5.74) is 15.0. The molecule has 0 unspecified atom stereocenters. The third-order valence-electron chi connectivity index (χ3n) is 12.3. The molecule has 12 rings (SSSR count). The summed E-state index contributed by atoms with van der Waals surface area (Å²) in [6.45, 7) is 0. The fourth-order valence-corrected chi connectivity index (χ4v) is 9.27. The molecule has 64 heavy (non-hydrogen) atoms. The van der Waals surface area contributed by atoms with Crippen LogP contribution in [-0.4, -0.2) is 24.1 Å². The number of rotatable bonds is 7. The number of hydrogen-bond acceptors (Lipinski definition) is 4. The number of pyridine rings is 3. The second-order valence-corrected chi connectivity index (χ2v) is 15.9. The molecule has 0 aliphatic rings. The Hall–Kier alpha value is -8.92. The van der Waals surface area contributed by atoms with Crippen molar-refractivity contribution < 1.29 is 0 Å². The normalized spacial score (nSPS) is 11.4. The summed E-state index contributed by atoms with van der Waals surface area (Å²) >= 11 is 0. The van der Waals surface area contributed by atoms with E-state index in [1.165, 1.54) is 0 Å². The summed E-state index contributed by atoms with van der Waals surface area (Å²) in [4.78, 5) is 15.6. The van der Waals surface area contributed by atoms with Crippen LogP contribution >= 0.6 is 0 Å². The van der Waals surface area contributed by atoms with Gasteiger partial charge in [-0.1, -0.05) is 152 Å². The van der Waals surface area contributed by atoms with Crippen molar-refractivity contribution >= 4 is 43.6 Å². The molecule has 0 aliphatic carbocycles. The molecule has 0 saturated carbocycles. The van der Waals surface area contributed by atoms with Crippen LogP contribution in [0, 0.1) is 11.3 Å². The minimum atomic E-state index is 0.582. The average molecular weight is 817 g/mol. The second kappa shape index (κ2) is 15.2. The van der Waals surface area contributed by atoms with Crippen molar-refractivity contribution in [3.63, 3.8) is 0 Å². The number of benzene rings is 7. The molecule has 0 aliphatic heterocycles. The molecule has 0 atom stereocenters. The first-order valence-electron chi connectivity index (χ1n) is 21.3. The minimum Gasteiger partial charge on any atom is -0.307 e. The maximum atomic E-state index is 10.6. The van der Waals surface area contributed by atoms with Gasteiger partial charge in [-0.05, 0) is 60.7 Å². The quantitative estimate of drug-likeness (QED) is 0.161. The van der Waals surface area contributed by atoms with E-state index < -0.39 is 0 Å². The Kier molecular flexibility index (Phi) is 8.77. The number of nitriles is 1. The Morgan fingerprint density at radius 1 is 0.359 bits per heavy atom. The maximum absolute atomic E-state index is 10.6. The van der Waals surface area contributed by atoms with Crippen molar-refractivity contribution in [2.24, 2.45) is 0 Å². The molecule has 0 fully saturated rings. The third kappa shape index (κ3) is 6.14. The summed E-state index contributed by atoms with van der Waals surface area (Å²) in [6.07, 6.45) is 1.97. The van der Waals surface area contributed by atoms with E-state index in [0.29, 0.717) is 5.56 Å².